The highest BCUT2D eigenvalue weighted by Gasteiger charge is 2.21. The lowest BCUT2D eigenvalue weighted by Gasteiger charge is -2.28. The third-order valence-electron chi connectivity index (χ3n) is 2.93. The van der Waals surface area contributed by atoms with Crippen LogP contribution < -0.4 is 0 Å². The minimum Gasteiger partial charge on any atom is -0.134 e. The van der Waals surface area contributed by atoms with E-state index in [1.807, 2.05) is 0 Å². The van der Waals surface area contributed by atoms with Gasteiger partial charge in [0.1, 0.15) is 0 Å². The molecule has 3 atom stereocenters. The van der Waals surface area contributed by atoms with E-state index in [2.05, 4.69) is 40.4 Å². The van der Waals surface area contributed by atoms with Crippen LogP contribution in [0.2, 0.25) is 0 Å². The Morgan fingerprint density at radius 1 is 1.33 bits per heavy atom. The third-order valence-corrected chi connectivity index (χ3v) is 3.85. The maximum absolute atomic E-state index is 2.97. The Labute approximate surface area is 76.6 Å². The molecule has 0 N–H and O–H groups in total. The Balaban J connectivity index is 2.42. The lowest BCUT2D eigenvalue weighted by Crippen LogP contribution is -2.17. The smallest absolute Gasteiger partial charge is 0.0125 e. The van der Waals surface area contributed by atoms with Crippen molar-refractivity contribution in [3.63, 3.8) is 0 Å². The van der Waals surface area contributed by atoms with E-state index < -0.39 is 0 Å². The van der Waals surface area contributed by atoms with Gasteiger partial charge in [0.25, 0.3) is 0 Å². The molecule has 0 aromatic heterocycles. The first-order valence-electron chi connectivity index (χ1n) is 4.62. The number of benzene rings is 1. The van der Waals surface area contributed by atoms with Crippen LogP contribution in [0.25, 0.3) is 0 Å². The van der Waals surface area contributed by atoms with Crippen molar-refractivity contribution >= 4 is 9.24 Å². The monoisotopic (exact) mass is 178 g/mol. The molecular formula is C11H15P. The summed E-state index contributed by atoms with van der Waals surface area (Å²) in [5.41, 5.74) is 3.90. The van der Waals surface area contributed by atoms with Gasteiger partial charge < -0.3 is 0 Å². The van der Waals surface area contributed by atoms with Gasteiger partial charge in [-0.2, -0.15) is 0 Å². The molecule has 3 unspecified atom stereocenters. The van der Waals surface area contributed by atoms with Gasteiger partial charge in [0, 0.05) is 0 Å². The maximum Gasteiger partial charge on any atom is -0.0125 e. The van der Waals surface area contributed by atoms with Crippen LogP contribution in [-0.2, 0) is 6.42 Å². The van der Waals surface area contributed by atoms with Crippen LogP contribution in [0.4, 0.5) is 0 Å². The predicted molar refractivity (Wildman–Crippen MR) is 56.7 cm³/mol. The zero-order chi connectivity index (χ0) is 8.55. The van der Waals surface area contributed by atoms with Crippen LogP contribution >= 0.6 is 9.24 Å². The lowest BCUT2D eigenvalue weighted by molar-refractivity contribution is 0.607. The summed E-state index contributed by atoms with van der Waals surface area (Å²) in [6, 6.07) is 8.84. The van der Waals surface area contributed by atoms with Crippen molar-refractivity contribution in [1.82, 2.24) is 0 Å². The van der Waals surface area contributed by atoms with Crippen molar-refractivity contribution in [2.45, 2.75) is 31.3 Å². The van der Waals surface area contributed by atoms with Crippen LogP contribution in [0, 0.1) is 0 Å². The van der Waals surface area contributed by atoms with Crippen molar-refractivity contribution in [2.75, 3.05) is 0 Å². The molecule has 1 heteroatoms. The van der Waals surface area contributed by atoms with Crippen LogP contribution in [0.15, 0.2) is 24.3 Å². The normalized spacial score (nSPS) is 28.2. The molecule has 0 fully saturated rings. The van der Waals surface area contributed by atoms with Crippen molar-refractivity contribution in [2.24, 2.45) is 0 Å². The van der Waals surface area contributed by atoms with E-state index in [0.29, 0.717) is 0 Å². The number of hydrogen-bond acceptors (Lipinski definition) is 0. The van der Waals surface area contributed by atoms with Gasteiger partial charge in [0.15, 0.2) is 0 Å². The fourth-order valence-corrected chi connectivity index (χ4v) is 2.38. The van der Waals surface area contributed by atoms with Gasteiger partial charge in [0.05, 0.1) is 0 Å². The maximum atomic E-state index is 2.97. The Bertz CT molecular complexity index is 280. The fraction of sp³-hybridized carbons (Fsp3) is 0.455. The molecule has 2 rings (SSSR count). The Kier molecular flexibility index (Phi) is 2.19. The van der Waals surface area contributed by atoms with Gasteiger partial charge in [-0.05, 0) is 35.5 Å². The molecule has 0 aliphatic heterocycles. The molecular weight excluding hydrogens is 163 g/mol. The standard InChI is InChI=1S/C11H15P/c1-8-10-5-3-2-4-9(10)6-7-11(8)12/h2-5,8,11H,6-7,12H2,1H3. The molecule has 0 bridgehead atoms. The van der Waals surface area contributed by atoms with Gasteiger partial charge in [-0.25, -0.2) is 0 Å². The summed E-state index contributed by atoms with van der Waals surface area (Å²) in [5.74, 6) is 0.722. The zero-order valence-corrected chi connectivity index (χ0v) is 8.61. The minimum atomic E-state index is 0.722. The largest absolute Gasteiger partial charge is 0.134 e. The molecule has 0 radical (unpaired) electrons. The highest BCUT2D eigenvalue weighted by molar-refractivity contribution is 7.17. The lowest BCUT2D eigenvalue weighted by atomic mass is 9.84. The van der Waals surface area contributed by atoms with Gasteiger partial charge >= 0.3 is 0 Å². The van der Waals surface area contributed by atoms with Crippen molar-refractivity contribution in [3.05, 3.63) is 35.4 Å². The number of aryl methyl sites for hydroxylation is 1. The van der Waals surface area contributed by atoms with E-state index in [9.17, 15) is 0 Å². The highest BCUT2D eigenvalue weighted by atomic mass is 31.0. The molecule has 12 heavy (non-hydrogen) atoms. The zero-order valence-electron chi connectivity index (χ0n) is 7.46. The predicted octanol–water partition coefficient (Wildman–Crippen LogP) is 2.98. The first-order chi connectivity index (χ1) is 5.79. The van der Waals surface area contributed by atoms with Gasteiger partial charge in [-0.15, -0.1) is 9.24 Å². The average molecular weight is 178 g/mol. The Morgan fingerprint density at radius 2 is 2.08 bits per heavy atom. The van der Waals surface area contributed by atoms with Gasteiger partial charge in [-0.1, -0.05) is 31.2 Å². The molecule has 1 aliphatic carbocycles. The van der Waals surface area contributed by atoms with Crippen LogP contribution in [-0.4, -0.2) is 5.66 Å². The Morgan fingerprint density at radius 3 is 2.92 bits per heavy atom. The highest BCUT2D eigenvalue weighted by Crippen LogP contribution is 2.35. The molecule has 0 spiro atoms. The second-order valence-corrected chi connectivity index (χ2v) is 4.55. The van der Waals surface area contributed by atoms with Crippen LogP contribution in [0.5, 0.6) is 0 Å². The number of hydrogen-bond donors (Lipinski definition) is 0. The second-order valence-electron chi connectivity index (χ2n) is 3.69. The summed E-state index contributed by atoms with van der Waals surface area (Å²) in [7, 11) is 2.97. The van der Waals surface area contributed by atoms with E-state index in [1.54, 1.807) is 11.1 Å². The summed E-state index contributed by atoms with van der Waals surface area (Å²) < 4.78 is 0. The molecule has 0 saturated heterocycles. The summed E-state index contributed by atoms with van der Waals surface area (Å²) in [5, 5.41) is 0. The van der Waals surface area contributed by atoms with Crippen LogP contribution in [0.1, 0.15) is 30.4 Å². The summed E-state index contributed by atoms with van der Waals surface area (Å²) in [4.78, 5) is 0. The third kappa shape index (κ3) is 1.29. The molecule has 64 valence electrons. The van der Waals surface area contributed by atoms with Crippen LogP contribution in [0.3, 0.4) is 0 Å². The molecule has 0 saturated carbocycles. The van der Waals surface area contributed by atoms with Gasteiger partial charge in [0.2, 0.25) is 0 Å². The average Bonchev–Trinajstić information content (AvgIpc) is 2.12. The summed E-state index contributed by atoms with van der Waals surface area (Å²) >= 11 is 0. The quantitative estimate of drug-likeness (QED) is 0.536. The molecule has 0 amide bonds. The van der Waals surface area contributed by atoms with E-state index in [0.717, 1.165) is 11.6 Å². The minimum absolute atomic E-state index is 0.722. The van der Waals surface area contributed by atoms with E-state index >= 15 is 0 Å². The number of rotatable bonds is 0. The van der Waals surface area contributed by atoms with E-state index in [1.165, 1.54) is 12.8 Å². The number of fused-ring (bicyclic) bond motifs is 1. The SMILES string of the molecule is CC1c2ccccc2CCC1P. The second kappa shape index (κ2) is 3.18. The molecule has 1 aromatic rings. The van der Waals surface area contributed by atoms with E-state index in [4.69, 9.17) is 0 Å². The molecule has 1 aromatic carbocycles. The first kappa shape index (κ1) is 8.26. The summed E-state index contributed by atoms with van der Waals surface area (Å²) in [6.07, 6.45) is 2.58. The Hall–Kier alpha value is -0.350. The van der Waals surface area contributed by atoms with Gasteiger partial charge in [-0.3, -0.25) is 0 Å². The molecule has 1 aliphatic rings. The van der Waals surface area contributed by atoms with Crippen molar-refractivity contribution in [3.8, 4) is 0 Å². The topological polar surface area (TPSA) is 0 Å². The van der Waals surface area contributed by atoms with E-state index in [-0.39, 0.29) is 0 Å². The molecule has 0 heterocycles. The first-order valence-corrected chi connectivity index (χ1v) is 5.29. The fourth-order valence-electron chi connectivity index (χ4n) is 2.01. The molecule has 0 nitrogen and oxygen atoms in total. The summed E-state index contributed by atoms with van der Waals surface area (Å²) in [6.45, 7) is 2.33. The van der Waals surface area contributed by atoms with Crippen molar-refractivity contribution in [1.29, 1.82) is 0 Å². The van der Waals surface area contributed by atoms with Crippen molar-refractivity contribution < 1.29 is 0 Å².